The van der Waals surface area contributed by atoms with Gasteiger partial charge in [-0.05, 0) is 59.6 Å². The molecule has 0 aromatic heterocycles. The van der Waals surface area contributed by atoms with Gasteiger partial charge in [0, 0.05) is 0 Å². The van der Waals surface area contributed by atoms with Crippen molar-refractivity contribution in [3.63, 3.8) is 0 Å². The second-order valence-corrected chi connectivity index (χ2v) is 13.0. The highest BCUT2D eigenvalue weighted by Crippen LogP contribution is 2.28. The summed E-state index contributed by atoms with van der Waals surface area (Å²) in [5.74, 6) is 1.30. The molecule has 0 saturated heterocycles. The van der Waals surface area contributed by atoms with Gasteiger partial charge >= 0.3 is 7.12 Å². The Morgan fingerprint density at radius 2 is 0.862 bits per heavy atom. The molecule has 0 heterocycles. The Hall–Kier alpha value is -0.0951. The van der Waals surface area contributed by atoms with Gasteiger partial charge in [-0.25, -0.2) is 9.78 Å². The molecule has 4 nitrogen and oxygen atoms in total. The van der Waals surface area contributed by atoms with Gasteiger partial charge in [-0.3, -0.25) is 9.61 Å². The first-order valence-electron chi connectivity index (χ1n) is 11.5. The van der Waals surface area contributed by atoms with Crippen LogP contribution in [0.2, 0.25) is 6.32 Å². The van der Waals surface area contributed by atoms with Crippen LogP contribution in [0.4, 0.5) is 0 Å². The third kappa shape index (κ3) is 19.6. The van der Waals surface area contributed by atoms with Gasteiger partial charge in [0.2, 0.25) is 0 Å². The van der Waals surface area contributed by atoms with Crippen molar-refractivity contribution in [1.29, 1.82) is 0 Å². The molecule has 0 N–H and O–H groups in total. The second kappa shape index (κ2) is 12.7. The molecular weight excluding hydrogens is 363 g/mol. The predicted molar refractivity (Wildman–Crippen MR) is 124 cm³/mol. The van der Waals surface area contributed by atoms with E-state index < -0.39 is 7.12 Å². The summed E-state index contributed by atoms with van der Waals surface area (Å²) in [7, 11) is -0.504. The molecule has 0 aliphatic heterocycles. The first kappa shape index (κ1) is 28.9. The molecule has 5 heteroatoms. The van der Waals surface area contributed by atoms with Crippen LogP contribution >= 0.6 is 0 Å². The molecule has 0 rings (SSSR count). The van der Waals surface area contributed by atoms with E-state index in [-0.39, 0.29) is 16.2 Å². The van der Waals surface area contributed by atoms with Gasteiger partial charge in [-0.1, -0.05) is 83.1 Å². The van der Waals surface area contributed by atoms with Crippen molar-refractivity contribution in [3.8, 4) is 0 Å². The Bertz CT molecular complexity index is 392. The minimum Gasteiger partial charge on any atom is -0.261 e. The molecule has 0 spiro atoms. The predicted octanol–water partition coefficient (Wildman–Crippen LogP) is 7.59. The standard InChI is InChI=1S/C24H51BO4/c1-19(13-22(4,5)6)16-25(28-26-17-20(2)14-23(7,8)9)29-27-18-21(3)15-24(10,11)12/h19-21H,13-18H2,1-12H3. The highest BCUT2D eigenvalue weighted by molar-refractivity contribution is 6.43. The molecule has 0 amide bonds. The Kier molecular flexibility index (Phi) is 12.6. The lowest BCUT2D eigenvalue weighted by atomic mass is 9.73. The van der Waals surface area contributed by atoms with Crippen molar-refractivity contribution < 1.29 is 19.4 Å². The quantitative estimate of drug-likeness (QED) is 0.177. The van der Waals surface area contributed by atoms with E-state index in [0.29, 0.717) is 31.0 Å². The van der Waals surface area contributed by atoms with Crippen LogP contribution in [0, 0.1) is 34.0 Å². The summed E-state index contributed by atoms with van der Waals surface area (Å²) >= 11 is 0. The summed E-state index contributed by atoms with van der Waals surface area (Å²) in [6, 6.07) is 0. The summed E-state index contributed by atoms with van der Waals surface area (Å²) in [6.07, 6.45) is 4.02. The fraction of sp³-hybridized carbons (Fsp3) is 1.00. The molecular formula is C24H51BO4. The highest BCUT2D eigenvalue weighted by atomic mass is 17.3. The lowest BCUT2D eigenvalue weighted by molar-refractivity contribution is -0.290. The van der Waals surface area contributed by atoms with Crippen LogP contribution < -0.4 is 0 Å². The molecule has 0 bridgehead atoms. The number of hydrogen-bond donors (Lipinski definition) is 0. The molecule has 0 fully saturated rings. The van der Waals surface area contributed by atoms with Crippen LogP contribution in [0.15, 0.2) is 0 Å². The van der Waals surface area contributed by atoms with E-state index >= 15 is 0 Å². The molecule has 3 atom stereocenters. The van der Waals surface area contributed by atoms with Crippen molar-refractivity contribution in [3.05, 3.63) is 0 Å². The Labute approximate surface area is 182 Å². The van der Waals surface area contributed by atoms with Gasteiger partial charge in [-0.2, -0.15) is 0 Å². The van der Waals surface area contributed by atoms with Crippen LogP contribution in [0.5, 0.6) is 0 Å². The smallest absolute Gasteiger partial charge is 0.261 e. The van der Waals surface area contributed by atoms with Crippen LogP contribution in [0.3, 0.4) is 0 Å². The molecule has 0 aromatic carbocycles. The Balaban J connectivity index is 4.56. The minimum atomic E-state index is -0.504. The maximum atomic E-state index is 5.65. The summed E-state index contributed by atoms with van der Waals surface area (Å²) in [5, 5.41) is 0. The summed E-state index contributed by atoms with van der Waals surface area (Å²) < 4.78 is 0. The van der Waals surface area contributed by atoms with Crippen molar-refractivity contribution in [2.24, 2.45) is 34.0 Å². The van der Waals surface area contributed by atoms with Crippen LogP contribution in [-0.4, -0.2) is 20.3 Å². The van der Waals surface area contributed by atoms with Crippen LogP contribution in [-0.2, 0) is 19.4 Å². The van der Waals surface area contributed by atoms with Crippen LogP contribution in [0.1, 0.15) is 102 Å². The molecule has 29 heavy (non-hydrogen) atoms. The van der Waals surface area contributed by atoms with Crippen molar-refractivity contribution in [2.75, 3.05) is 13.2 Å². The summed E-state index contributed by atoms with van der Waals surface area (Å²) in [4.78, 5) is 22.4. The lowest BCUT2D eigenvalue weighted by Gasteiger charge is -2.26. The van der Waals surface area contributed by atoms with Gasteiger partial charge in [0.1, 0.15) is 0 Å². The summed E-state index contributed by atoms with van der Waals surface area (Å²) in [5.41, 5.74) is 0.840. The SMILES string of the molecule is CC(COOB(CC(C)CC(C)(C)C)OOCC(C)CC(C)(C)C)CC(C)(C)C. The van der Waals surface area contributed by atoms with Gasteiger partial charge in [-0.15, -0.1) is 0 Å². The third-order valence-corrected chi connectivity index (χ3v) is 4.53. The number of rotatable bonds is 13. The molecule has 0 aliphatic carbocycles. The van der Waals surface area contributed by atoms with E-state index in [0.717, 1.165) is 25.6 Å². The maximum absolute atomic E-state index is 5.65. The highest BCUT2D eigenvalue weighted by Gasteiger charge is 2.28. The number of hydrogen-bond acceptors (Lipinski definition) is 4. The van der Waals surface area contributed by atoms with Crippen LogP contribution in [0.25, 0.3) is 0 Å². The van der Waals surface area contributed by atoms with E-state index in [1.165, 1.54) is 0 Å². The maximum Gasteiger partial charge on any atom is 0.521 e. The largest absolute Gasteiger partial charge is 0.521 e. The molecule has 3 unspecified atom stereocenters. The summed E-state index contributed by atoms with van der Waals surface area (Å²) in [6.45, 7) is 28.0. The van der Waals surface area contributed by atoms with Crippen molar-refractivity contribution >= 4 is 7.12 Å². The normalized spacial score (nSPS) is 16.6. The second-order valence-electron chi connectivity index (χ2n) is 13.0. The van der Waals surface area contributed by atoms with Gasteiger partial charge < -0.3 is 0 Å². The monoisotopic (exact) mass is 414 g/mol. The van der Waals surface area contributed by atoms with E-state index in [2.05, 4.69) is 83.1 Å². The zero-order valence-corrected chi connectivity index (χ0v) is 21.7. The average molecular weight is 414 g/mol. The zero-order chi connectivity index (χ0) is 22.9. The van der Waals surface area contributed by atoms with E-state index in [1.807, 2.05) is 0 Å². The Morgan fingerprint density at radius 3 is 1.17 bits per heavy atom. The topological polar surface area (TPSA) is 36.9 Å². The average Bonchev–Trinajstić information content (AvgIpc) is 2.40. The van der Waals surface area contributed by atoms with E-state index in [9.17, 15) is 0 Å². The molecule has 0 saturated carbocycles. The Morgan fingerprint density at radius 1 is 0.552 bits per heavy atom. The van der Waals surface area contributed by atoms with Crippen molar-refractivity contribution in [2.45, 2.75) is 109 Å². The van der Waals surface area contributed by atoms with Gasteiger partial charge in [0.15, 0.2) is 0 Å². The lowest BCUT2D eigenvalue weighted by Crippen LogP contribution is -2.29. The first-order chi connectivity index (χ1) is 13.0. The minimum absolute atomic E-state index is 0.272. The van der Waals surface area contributed by atoms with E-state index in [4.69, 9.17) is 19.4 Å². The first-order valence-corrected chi connectivity index (χ1v) is 11.5. The fourth-order valence-electron chi connectivity index (χ4n) is 4.22. The van der Waals surface area contributed by atoms with Crippen molar-refractivity contribution in [1.82, 2.24) is 0 Å². The van der Waals surface area contributed by atoms with Gasteiger partial charge in [0.05, 0.1) is 13.2 Å². The third-order valence-electron chi connectivity index (χ3n) is 4.53. The fourth-order valence-corrected chi connectivity index (χ4v) is 4.22. The molecule has 0 radical (unpaired) electrons. The zero-order valence-electron chi connectivity index (χ0n) is 21.7. The molecule has 0 aromatic rings. The molecule has 174 valence electrons. The molecule has 0 aliphatic rings. The van der Waals surface area contributed by atoms with E-state index in [1.54, 1.807) is 0 Å². The van der Waals surface area contributed by atoms with Gasteiger partial charge in [0.25, 0.3) is 0 Å².